The molecular formula is C13H31N2+. The summed E-state index contributed by atoms with van der Waals surface area (Å²) in [5, 5.41) is 3.57. The molecule has 0 rings (SSSR count). The highest BCUT2D eigenvalue weighted by atomic mass is 15.3. The zero-order valence-electron chi connectivity index (χ0n) is 11.9. The van der Waals surface area contributed by atoms with Gasteiger partial charge in [0.05, 0.1) is 27.7 Å². The van der Waals surface area contributed by atoms with E-state index in [1.54, 1.807) is 0 Å². The van der Waals surface area contributed by atoms with E-state index in [0.717, 1.165) is 16.9 Å². The maximum absolute atomic E-state index is 3.57. The fourth-order valence-corrected chi connectivity index (χ4v) is 1.85. The van der Waals surface area contributed by atoms with Crippen molar-refractivity contribution in [1.82, 2.24) is 5.32 Å². The molecule has 0 aromatic rings. The number of hydrogen-bond donors (Lipinski definition) is 1. The van der Waals surface area contributed by atoms with E-state index in [9.17, 15) is 0 Å². The minimum absolute atomic E-state index is 0.259. The molecular weight excluding hydrogens is 184 g/mol. The van der Waals surface area contributed by atoms with E-state index >= 15 is 0 Å². The topological polar surface area (TPSA) is 12.0 Å². The van der Waals surface area contributed by atoms with Crippen LogP contribution in [0.5, 0.6) is 0 Å². The Labute approximate surface area is 96.6 Å². The third kappa shape index (κ3) is 10.2. The van der Waals surface area contributed by atoms with Gasteiger partial charge in [0.2, 0.25) is 0 Å². The fourth-order valence-electron chi connectivity index (χ4n) is 1.85. The third-order valence-corrected chi connectivity index (χ3v) is 2.59. The first-order valence-corrected chi connectivity index (χ1v) is 6.19. The van der Waals surface area contributed by atoms with Crippen molar-refractivity contribution >= 4 is 0 Å². The number of quaternary nitrogens is 1. The van der Waals surface area contributed by atoms with Gasteiger partial charge in [0.15, 0.2) is 0 Å². The van der Waals surface area contributed by atoms with Crippen LogP contribution in [0.15, 0.2) is 0 Å². The summed E-state index contributed by atoms with van der Waals surface area (Å²) in [7, 11) is 6.83. The molecule has 0 aromatic carbocycles. The number of nitrogens with zero attached hydrogens (tertiary/aromatic N) is 1. The Morgan fingerprint density at radius 3 is 2.00 bits per heavy atom. The first kappa shape index (κ1) is 14.9. The molecule has 0 aliphatic heterocycles. The lowest BCUT2D eigenvalue weighted by atomic mass is 10.00. The molecule has 0 saturated carbocycles. The van der Waals surface area contributed by atoms with Crippen LogP contribution in [0.25, 0.3) is 0 Å². The molecule has 0 aliphatic carbocycles. The number of hydrogen-bond acceptors (Lipinski definition) is 1. The normalized spacial score (nSPS) is 15.4. The second kappa shape index (κ2) is 5.86. The lowest BCUT2D eigenvalue weighted by molar-refractivity contribution is -0.874. The third-order valence-electron chi connectivity index (χ3n) is 2.59. The van der Waals surface area contributed by atoms with Gasteiger partial charge in [-0.1, -0.05) is 6.92 Å². The summed E-state index contributed by atoms with van der Waals surface area (Å²) in [5.41, 5.74) is 0.259. The Balaban J connectivity index is 3.82. The molecule has 1 atom stereocenters. The predicted octanol–water partition coefficient (Wildman–Crippen LogP) is 2.50. The molecule has 0 radical (unpaired) electrons. The molecule has 0 spiro atoms. The average molecular weight is 215 g/mol. The maximum atomic E-state index is 3.57. The van der Waals surface area contributed by atoms with Gasteiger partial charge in [-0.15, -0.1) is 0 Å². The Bertz CT molecular complexity index is 162. The molecule has 0 aliphatic rings. The van der Waals surface area contributed by atoms with E-state index in [2.05, 4.69) is 54.2 Å². The molecule has 2 heteroatoms. The van der Waals surface area contributed by atoms with Gasteiger partial charge in [-0.25, -0.2) is 0 Å². The van der Waals surface area contributed by atoms with Gasteiger partial charge in [0.1, 0.15) is 0 Å². The Kier molecular flexibility index (Phi) is 5.82. The molecule has 0 fully saturated rings. The highest BCUT2D eigenvalue weighted by Crippen LogP contribution is 2.12. The molecule has 1 N–H and O–H groups in total. The minimum atomic E-state index is 0.259. The van der Waals surface area contributed by atoms with Crippen molar-refractivity contribution in [2.75, 3.05) is 34.2 Å². The van der Waals surface area contributed by atoms with Crippen molar-refractivity contribution in [3.05, 3.63) is 0 Å². The van der Waals surface area contributed by atoms with Gasteiger partial charge in [0, 0.05) is 11.5 Å². The summed E-state index contributed by atoms with van der Waals surface area (Å²) in [4.78, 5) is 0. The summed E-state index contributed by atoms with van der Waals surface area (Å²) in [6, 6.07) is 0. The Morgan fingerprint density at radius 2 is 1.67 bits per heavy atom. The zero-order valence-corrected chi connectivity index (χ0v) is 11.9. The maximum Gasteiger partial charge on any atom is 0.0809 e. The van der Waals surface area contributed by atoms with Crippen LogP contribution in [0.4, 0.5) is 0 Å². The summed E-state index contributed by atoms with van der Waals surface area (Å²) >= 11 is 0. The van der Waals surface area contributed by atoms with E-state index in [0.29, 0.717) is 0 Å². The SMILES string of the molecule is CCC(CCNC(C)(C)C)C[N+](C)(C)C. The van der Waals surface area contributed by atoms with Crippen molar-refractivity contribution in [2.45, 2.75) is 46.1 Å². The molecule has 0 saturated heterocycles. The molecule has 1 unspecified atom stereocenters. The predicted molar refractivity (Wildman–Crippen MR) is 69.1 cm³/mol. The zero-order chi connectivity index (χ0) is 12.1. The smallest absolute Gasteiger partial charge is 0.0809 e. The van der Waals surface area contributed by atoms with Gasteiger partial charge in [-0.2, -0.15) is 0 Å². The van der Waals surface area contributed by atoms with Crippen LogP contribution >= 0.6 is 0 Å². The average Bonchev–Trinajstić information content (AvgIpc) is 1.97. The van der Waals surface area contributed by atoms with Gasteiger partial charge in [-0.05, 0) is 40.2 Å². The highest BCUT2D eigenvalue weighted by molar-refractivity contribution is 4.71. The molecule has 15 heavy (non-hydrogen) atoms. The molecule has 2 nitrogen and oxygen atoms in total. The Morgan fingerprint density at radius 1 is 1.13 bits per heavy atom. The molecule has 0 amide bonds. The quantitative estimate of drug-likeness (QED) is 0.671. The van der Waals surface area contributed by atoms with Crippen LogP contribution < -0.4 is 5.32 Å². The fraction of sp³-hybridized carbons (Fsp3) is 1.00. The summed E-state index contributed by atoms with van der Waals surface area (Å²) < 4.78 is 1.08. The Hall–Kier alpha value is -0.0800. The van der Waals surface area contributed by atoms with Crippen molar-refractivity contribution in [3.63, 3.8) is 0 Å². The number of nitrogens with one attached hydrogen (secondary N) is 1. The van der Waals surface area contributed by atoms with Crippen LogP contribution in [-0.2, 0) is 0 Å². The lowest BCUT2D eigenvalue weighted by Crippen LogP contribution is -2.41. The standard InChI is InChI=1S/C13H31N2/c1-8-12(11-15(5,6)7)9-10-14-13(2,3)4/h12,14H,8-11H2,1-7H3/q+1. The highest BCUT2D eigenvalue weighted by Gasteiger charge is 2.17. The first-order valence-electron chi connectivity index (χ1n) is 6.19. The van der Waals surface area contributed by atoms with Crippen LogP contribution in [0.1, 0.15) is 40.5 Å². The van der Waals surface area contributed by atoms with Crippen molar-refractivity contribution in [3.8, 4) is 0 Å². The lowest BCUT2D eigenvalue weighted by Gasteiger charge is -2.29. The van der Waals surface area contributed by atoms with Crippen molar-refractivity contribution in [2.24, 2.45) is 5.92 Å². The van der Waals surface area contributed by atoms with Crippen LogP contribution in [0, 0.1) is 5.92 Å². The molecule has 0 heterocycles. The van der Waals surface area contributed by atoms with Crippen LogP contribution in [-0.4, -0.2) is 44.3 Å². The second-order valence-electron chi connectivity index (χ2n) is 6.71. The second-order valence-corrected chi connectivity index (χ2v) is 6.71. The summed E-state index contributed by atoms with van der Waals surface area (Å²) in [6.45, 7) is 11.4. The van der Waals surface area contributed by atoms with E-state index in [4.69, 9.17) is 0 Å². The minimum Gasteiger partial charge on any atom is -0.331 e. The molecule has 0 aromatic heterocycles. The molecule has 0 bridgehead atoms. The largest absolute Gasteiger partial charge is 0.331 e. The number of rotatable bonds is 6. The van der Waals surface area contributed by atoms with E-state index < -0.39 is 0 Å². The van der Waals surface area contributed by atoms with Crippen molar-refractivity contribution in [1.29, 1.82) is 0 Å². The van der Waals surface area contributed by atoms with Crippen LogP contribution in [0.2, 0.25) is 0 Å². The van der Waals surface area contributed by atoms with Gasteiger partial charge < -0.3 is 9.80 Å². The van der Waals surface area contributed by atoms with Gasteiger partial charge >= 0.3 is 0 Å². The van der Waals surface area contributed by atoms with Gasteiger partial charge in [-0.3, -0.25) is 0 Å². The molecule has 92 valence electrons. The first-order chi connectivity index (χ1) is 6.64. The summed E-state index contributed by atoms with van der Waals surface area (Å²) in [5.74, 6) is 0.847. The summed E-state index contributed by atoms with van der Waals surface area (Å²) in [6.07, 6.45) is 2.59. The van der Waals surface area contributed by atoms with Crippen LogP contribution in [0.3, 0.4) is 0 Å². The van der Waals surface area contributed by atoms with Gasteiger partial charge in [0.25, 0.3) is 0 Å². The van der Waals surface area contributed by atoms with Crippen molar-refractivity contribution < 1.29 is 4.48 Å². The van der Waals surface area contributed by atoms with E-state index in [1.807, 2.05) is 0 Å². The van der Waals surface area contributed by atoms with E-state index in [-0.39, 0.29) is 5.54 Å². The van der Waals surface area contributed by atoms with E-state index in [1.165, 1.54) is 19.4 Å². The monoisotopic (exact) mass is 215 g/mol.